The second-order valence-corrected chi connectivity index (χ2v) is 9.38. The van der Waals surface area contributed by atoms with E-state index in [1.54, 1.807) is 12.3 Å². The van der Waals surface area contributed by atoms with Crippen molar-refractivity contribution in [3.8, 4) is 0 Å². The molecule has 0 amide bonds. The molecule has 1 aromatic carbocycles. The third-order valence-electron chi connectivity index (χ3n) is 5.02. The number of thiazole rings is 1. The van der Waals surface area contributed by atoms with Gasteiger partial charge >= 0.3 is 5.97 Å². The number of esters is 1. The minimum atomic E-state index is -0.493. The second-order valence-electron chi connectivity index (χ2n) is 6.92. The van der Waals surface area contributed by atoms with Crippen LogP contribution < -0.4 is 5.32 Å². The summed E-state index contributed by atoms with van der Waals surface area (Å²) in [6, 6.07) is 3.41. The van der Waals surface area contributed by atoms with Crippen molar-refractivity contribution in [2.24, 2.45) is 4.99 Å². The van der Waals surface area contributed by atoms with Gasteiger partial charge in [-0.1, -0.05) is 17.7 Å². The zero-order valence-electron chi connectivity index (χ0n) is 16.5. The second kappa shape index (κ2) is 9.90. The molecule has 1 aromatic heterocycles. The van der Waals surface area contributed by atoms with Crippen LogP contribution in [0.25, 0.3) is 0 Å². The maximum atomic E-state index is 13.6. The summed E-state index contributed by atoms with van der Waals surface area (Å²) in [7, 11) is 1.37. The van der Waals surface area contributed by atoms with Gasteiger partial charge in [-0.2, -0.15) is 0 Å². The van der Waals surface area contributed by atoms with Gasteiger partial charge in [-0.15, -0.1) is 11.3 Å². The lowest BCUT2D eigenvalue weighted by Crippen LogP contribution is -2.52. The first-order valence-electron chi connectivity index (χ1n) is 9.45. The maximum absolute atomic E-state index is 13.6. The van der Waals surface area contributed by atoms with Crippen molar-refractivity contribution in [1.29, 1.82) is 0 Å². The van der Waals surface area contributed by atoms with Crippen molar-refractivity contribution in [1.82, 2.24) is 15.2 Å². The summed E-state index contributed by atoms with van der Waals surface area (Å²) in [6.07, 6.45) is 1.71. The Balaban J connectivity index is 1.70. The van der Waals surface area contributed by atoms with E-state index in [0.717, 1.165) is 14.3 Å². The average Bonchev–Trinajstić information content (AvgIpc) is 3.30. The number of nitrogens with one attached hydrogen (secondary N) is 1. The van der Waals surface area contributed by atoms with Crippen LogP contribution in [0.5, 0.6) is 0 Å². The SMILES string of the molecule is COC(=O)[C@@H]1COCCN1CC1=C(I)C(c2ccc(F)cc2Cl)N=C(c2nccs2)N1. The lowest BCUT2D eigenvalue weighted by Gasteiger charge is -2.36. The van der Waals surface area contributed by atoms with Crippen molar-refractivity contribution >= 4 is 57.3 Å². The number of benzene rings is 1. The number of aromatic nitrogens is 1. The van der Waals surface area contributed by atoms with Gasteiger partial charge in [0.2, 0.25) is 0 Å². The molecular weight excluding hydrogens is 558 g/mol. The van der Waals surface area contributed by atoms with E-state index in [2.05, 4.69) is 32.9 Å². The monoisotopic (exact) mass is 576 g/mol. The number of hydrogen-bond acceptors (Lipinski definition) is 8. The molecule has 4 rings (SSSR count). The van der Waals surface area contributed by atoms with Crippen LogP contribution in [0, 0.1) is 5.82 Å². The number of aliphatic imine (C=N–C) groups is 1. The van der Waals surface area contributed by atoms with E-state index in [9.17, 15) is 9.18 Å². The van der Waals surface area contributed by atoms with E-state index in [0.29, 0.717) is 36.1 Å². The highest BCUT2D eigenvalue weighted by atomic mass is 127. The molecule has 3 heterocycles. The molecule has 1 fully saturated rings. The Labute approximate surface area is 201 Å². The molecule has 0 radical (unpaired) electrons. The summed E-state index contributed by atoms with van der Waals surface area (Å²) in [5.74, 6) is -0.128. The van der Waals surface area contributed by atoms with Gasteiger partial charge < -0.3 is 14.8 Å². The number of ether oxygens (including phenoxy) is 2. The van der Waals surface area contributed by atoms with E-state index < -0.39 is 17.9 Å². The average molecular weight is 577 g/mol. The molecule has 11 heteroatoms. The number of morpholine rings is 1. The fourth-order valence-corrected chi connectivity index (χ4v) is 5.10. The summed E-state index contributed by atoms with van der Waals surface area (Å²) >= 11 is 10.1. The zero-order valence-corrected chi connectivity index (χ0v) is 20.2. The lowest BCUT2D eigenvalue weighted by molar-refractivity contribution is -0.152. The molecule has 1 N–H and O–H groups in total. The van der Waals surface area contributed by atoms with Gasteiger partial charge in [-0.3, -0.25) is 14.7 Å². The van der Waals surface area contributed by atoms with E-state index in [1.165, 1.54) is 30.6 Å². The third-order valence-corrected chi connectivity index (χ3v) is 7.37. The van der Waals surface area contributed by atoms with Gasteiger partial charge in [-0.25, -0.2) is 9.37 Å². The molecule has 0 aliphatic carbocycles. The van der Waals surface area contributed by atoms with Crippen molar-refractivity contribution in [3.63, 3.8) is 0 Å². The molecule has 2 aliphatic heterocycles. The molecule has 2 aromatic rings. The van der Waals surface area contributed by atoms with Gasteiger partial charge in [0, 0.05) is 44.5 Å². The van der Waals surface area contributed by atoms with Crippen molar-refractivity contribution in [2.75, 3.05) is 33.4 Å². The van der Waals surface area contributed by atoms with E-state index in [-0.39, 0.29) is 12.6 Å². The third kappa shape index (κ3) is 4.92. The highest BCUT2D eigenvalue weighted by Crippen LogP contribution is 2.39. The minimum absolute atomic E-state index is 0.275. The summed E-state index contributed by atoms with van der Waals surface area (Å²) in [5.41, 5.74) is 1.58. The molecule has 0 saturated carbocycles. The number of carbonyl (C=O) groups excluding carboxylic acids is 1. The van der Waals surface area contributed by atoms with E-state index in [4.69, 9.17) is 26.1 Å². The first-order valence-corrected chi connectivity index (χ1v) is 11.8. The Kier molecular flexibility index (Phi) is 7.22. The van der Waals surface area contributed by atoms with Crippen LogP contribution in [0.2, 0.25) is 5.02 Å². The van der Waals surface area contributed by atoms with E-state index in [1.807, 2.05) is 10.3 Å². The molecule has 31 heavy (non-hydrogen) atoms. The van der Waals surface area contributed by atoms with Crippen LogP contribution in [0.4, 0.5) is 4.39 Å². The van der Waals surface area contributed by atoms with Crippen LogP contribution in [0.1, 0.15) is 16.6 Å². The largest absolute Gasteiger partial charge is 0.468 e. The van der Waals surface area contributed by atoms with Gasteiger partial charge in [0.1, 0.15) is 17.9 Å². The normalized spacial score (nSPS) is 22.1. The van der Waals surface area contributed by atoms with Crippen molar-refractivity contribution < 1.29 is 18.7 Å². The standard InChI is InChI=1S/C20H19ClFIN4O3S/c1-29-20(28)15-10-30-6-5-27(15)9-14-16(23)17(12-3-2-11(22)8-13(12)21)26-18(25-14)19-24-4-7-31-19/h2-4,7-8,15,17H,5-6,9-10H2,1H3,(H,25,26)/t15-,17?/m0/s1. The van der Waals surface area contributed by atoms with Crippen LogP contribution in [-0.2, 0) is 14.3 Å². The van der Waals surface area contributed by atoms with E-state index >= 15 is 0 Å². The Morgan fingerprint density at radius 1 is 1.52 bits per heavy atom. The number of nitrogens with zero attached hydrogens (tertiary/aromatic N) is 3. The highest BCUT2D eigenvalue weighted by Gasteiger charge is 2.34. The lowest BCUT2D eigenvalue weighted by atomic mass is 10.0. The van der Waals surface area contributed by atoms with Gasteiger partial charge in [0.25, 0.3) is 0 Å². The fraction of sp³-hybridized carbons (Fsp3) is 0.350. The number of rotatable bonds is 5. The first kappa shape index (κ1) is 22.6. The Morgan fingerprint density at radius 2 is 2.35 bits per heavy atom. The number of amidine groups is 1. The Bertz CT molecular complexity index is 1030. The quantitative estimate of drug-likeness (QED) is 0.434. The number of hydrogen-bond donors (Lipinski definition) is 1. The highest BCUT2D eigenvalue weighted by molar-refractivity contribution is 14.1. The summed E-state index contributed by atoms with van der Waals surface area (Å²) in [6.45, 7) is 1.84. The molecule has 1 unspecified atom stereocenters. The predicted octanol–water partition coefficient (Wildman–Crippen LogP) is 3.55. The maximum Gasteiger partial charge on any atom is 0.325 e. The molecule has 2 atom stereocenters. The van der Waals surface area contributed by atoms with Crippen LogP contribution in [0.3, 0.4) is 0 Å². The molecular formula is C20H19ClFIN4O3S. The number of methoxy groups -OCH3 is 1. The smallest absolute Gasteiger partial charge is 0.325 e. The van der Waals surface area contributed by atoms with Crippen LogP contribution in [0.15, 0.2) is 44.0 Å². The van der Waals surface area contributed by atoms with Gasteiger partial charge in [0.05, 0.1) is 20.3 Å². The predicted molar refractivity (Wildman–Crippen MR) is 125 cm³/mol. The summed E-state index contributed by atoms with van der Waals surface area (Å²) < 4.78 is 25.0. The number of carbonyl (C=O) groups is 1. The Morgan fingerprint density at radius 3 is 3.06 bits per heavy atom. The molecule has 1 saturated heterocycles. The topological polar surface area (TPSA) is 76.1 Å². The molecule has 2 aliphatic rings. The first-order chi connectivity index (χ1) is 15.0. The van der Waals surface area contributed by atoms with Crippen LogP contribution in [-0.4, -0.2) is 61.1 Å². The number of halogens is 3. The summed E-state index contributed by atoms with van der Waals surface area (Å²) in [4.78, 5) is 23.5. The fourth-order valence-electron chi connectivity index (χ4n) is 3.46. The van der Waals surface area contributed by atoms with Gasteiger partial charge in [-0.05, 0) is 34.7 Å². The van der Waals surface area contributed by atoms with Crippen LogP contribution >= 0.6 is 45.5 Å². The Hall–Kier alpha value is -1.60. The molecule has 164 valence electrons. The minimum Gasteiger partial charge on any atom is -0.468 e. The molecule has 7 nitrogen and oxygen atoms in total. The van der Waals surface area contributed by atoms with Crippen molar-refractivity contribution in [3.05, 3.63) is 60.5 Å². The summed E-state index contributed by atoms with van der Waals surface area (Å²) in [5, 5.41) is 6.29. The molecule has 0 bridgehead atoms. The van der Waals surface area contributed by atoms with Crippen molar-refractivity contribution in [2.45, 2.75) is 12.1 Å². The van der Waals surface area contributed by atoms with Gasteiger partial charge in [0.15, 0.2) is 10.8 Å². The molecule has 0 spiro atoms. The zero-order chi connectivity index (χ0) is 22.0.